The molecule has 0 saturated carbocycles. The van der Waals surface area contributed by atoms with Crippen molar-refractivity contribution < 1.29 is 14.7 Å². The van der Waals surface area contributed by atoms with Crippen LogP contribution in [0.25, 0.3) is 11.3 Å². The van der Waals surface area contributed by atoms with E-state index < -0.39 is 11.9 Å². The molecule has 2 aromatic rings. The van der Waals surface area contributed by atoms with Gasteiger partial charge in [0, 0.05) is 12.1 Å². The molecule has 1 aromatic carbocycles. The van der Waals surface area contributed by atoms with Crippen LogP contribution in [-0.2, 0) is 4.79 Å². The molecule has 110 valence electrons. The van der Waals surface area contributed by atoms with E-state index in [0.717, 1.165) is 5.56 Å². The van der Waals surface area contributed by atoms with Crippen LogP contribution >= 0.6 is 0 Å². The maximum Gasteiger partial charge on any atom is 0.306 e. The Kier molecular flexibility index (Phi) is 4.71. The first-order chi connectivity index (χ1) is 10.1. The highest BCUT2D eigenvalue weighted by molar-refractivity contribution is 5.93. The number of hydrogen-bond acceptors (Lipinski definition) is 3. The molecule has 6 nitrogen and oxygen atoms in total. The van der Waals surface area contributed by atoms with Gasteiger partial charge in [-0.1, -0.05) is 37.3 Å². The third-order valence-electron chi connectivity index (χ3n) is 3.18. The van der Waals surface area contributed by atoms with Crippen molar-refractivity contribution in [1.82, 2.24) is 15.5 Å². The van der Waals surface area contributed by atoms with Gasteiger partial charge < -0.3 is 10.4 Å². The zero-order valence-corrected chi connectivity index (χ0v) is 11.7. The van der Waals surface area contributed by atoms with Crippen LogP contribution in [0.4, 0.5) is 0 Å². The summed E-state index contributed by atoms with van der Waals surface area (Å²) < 4.78 is 0. The minimum absolute atomic E-state index is 0.290. The average Bonchev–Trinajstić information content (AvgIpc) is 2.97. The Hall–Kier alpha value is -2.63. The summed E-state index contributed by atoms with van der Waals surface area (Å²) in [5.74, 6) is -1.63. The number of aromatic amines is 1. The van der Waals surface area contributed by atoms with E-state index in [1.165, 1.54) is 0 Å². The number of nitrogens with one attached hydrogen (secondary N) is 2. The molecule has 0 aliphatic rings. The highest BCUT2D eigenvalue weighted by Crippen LogP contribution is 2.16. The van der Waals surface area contributed by atoms with Gasteiger partial charge >= 0.3 is 5.97 Å². The maximum absolute atomic E-state index is 11.9. The van der Waals surface area contributed by atoms with Gasteiger partial charge in [-0.2, -0.15) is 5.10 Å². The lowest BCUT2D eigenvalue weighted by atomic mass is 10.1. The van der Waals surface area contributed by atoms with Gasteiger partial charge in [0.1, 0.15) is 5.69 Å². The molecule has 0 aliphatic heterocycles. The third kappa shape index (κ3) is 3.92. The second kappa shape index (κ2) is 6.69. The van der Waals surface area contributed by atoms with Crippen molar-refractivity contribution in [1.29, 1.82) is 0 Å². The molecule has 0 bridgehead atoms. The molecule has 1 aromatic heterocycles. The van der Waals surface area contributed by atoms with Gasteiger partial charge in [0.25, 0.3) is 5.91 Å². The van der Waals surface area contributed by atoms with Gasteiger partial charge in [-0.25, -0.2) is 0 Å². The largest absolute Gasteiger partial charge is 0.481 e. The lowest BCUT2D eigenvalue weighted by Gasteiger charge is -2.06. The van der Waals surface area contributed by atoms with E-state index in [-0.39, 0.29) is 5.91 Å². The molecule has 1 heterocycles. The van der Waals surface area contributed by atoms with Gasteiger partial charge in [-0.3, -0.25) is 14.7 Å². The second-order valence-electron chi connectivity index (χ2n) is 4.82. The molecule has 3 N–H and O–H groups in total. The molecule has 6 heteroatoms. The van der Waals surface area contributed by atoms with E-state index in [1.54, 1.807) is 13.0 Å². The van der Waals surface area contributed by atoms with Crippen molar-refractivity contribution in [3.63, 3.8) is 0 Å². The number of carbonyl (C=O) groups excluding carboxylic acids is 1. The molecule has 21 heavy (non-hydrogen) atoms. The topological polar surface area (TPSA) is 95.1 Å². The smallest absolute Gasteiger partial charge is 0.306 e. The zero-order chi connectivity index (χ0) is 15.2. The summed E-state index contributed by atoms with van der Waals surface area (Å²) in [6, 6.07) is 11.2. The highest BCUT2D eigenvalue weighted by atomic mass is 16.4. The predicted molar refractivity (Wildman–Crippen MR) is 77.8 cm³/mol. The number of benzene rings is 1. The number of carboxylic acids is 1. The normalized spacial score (nSPS) is 11.9. The van der Waals surface area contributed by atoms with E-state index in [1.807, 2.05) is 30.3 Å². The summed E-state index contributed by atoms with van der Waals surface area (Å²) >= 11 is 0. The number of aromatic nitrogens is 2. The average molecular weight is 287 g/mol. The van der Waals surface area contributed by atoms with Gasteiger partial charge in [0.2, 0.25) is 0 Å². The molecule has 0 aliphatic carbocycles. The van der Waals surface area contributed by atoms with Gasteiger partial charge in [-0.15, -0.1) is 0 Å². The second-order valence-corrected chi connectivity index (χ2v) is 4.82. The number of amides is 1. The van der Waals surface area contributed by atoms with Gasteiger partial charge in [0.05, 0.1) is 11.6 Å². The van der Waals surface area contributed by atoms with Crippen LogP contribution in [0.5, 0.6) is 0 Å². The first kappa shape index (κ1) is 14.8. The quantitative estimate of drug-likeness (QED) is 0.756. The van der Waals surface area contributed by atoms with E-state index >= 15 is 0 Å². The first-order valence-corrected chi connectivity index (χ1v) is 6.69. The van der Waals surface area contributed by atoms with E-state index in [9.17, 15) is 9.59 Å². The Labute approximate surface area is 122 Å². The van der Waals surface area contributed by atoms with Crippen molar-refractivity contribution >= 4 is 11.9 Å². The summed E-state index contributed by atoms with van der Waals surface area (Å²) in [6.45, 7) is 1.92. The van der Waals surface area contributed by atoms with Crippen LogP contribution < -0.4 is 5.32 Å². The molecule has 2 rings (SSSR count). The van der Waals surface area contributed by atoms with E-state index in [0.29, 0.717) is 24.4 Å². The van der Waals surface area contributed by atoms with Gasteiger partial charge in [0.15, 0.2) is 0 Å². The minimum Gasteiger partial charge on any atom is -0.481 e. The molecule has 0 saturated heterocycles. The molecule has 0 fully saturated rings. The van der Waals surface area contributed by atoms with Crippen molar-refractivity contribution in [3.8, 4) is 11.3 Å². The van der Waals surface area contributed by atoms with Gasteiger partial charge in [-0.05, 0) is 12.5 Å². The fraction of sp³-hybridized carbons (Fsp3) is 0.267. The van der Waals surface area contributed by atoms with E-state index in [4.69, 9.17) is 5.11 Å². The Morgan fingerprint density at radius 2 is 2.05 bits per heavy atom. The zero-order valence-electron chi connectivity index (χ0n) is 11.7. The fourth-order valence-electron chi connectivity index (χ4n) is 1.82. The van der Waals surface area contributed by atoms with Crippen LogP contribution in [0.15, 0.2) is 36.4 Å². The van der Waals surface area contributed by atoms with Crippen LogP contribution in [0.2, 0.25) is 0 Å². The number of carbonyl (C=O) groups is 2. The molecule has 0 spiro atoms. The summed E-state index contributed by atoms with van der Waals surface area (Å²) in [6.07, 6.45) is 0.390. The molecule has 1 atom stereocenters. The van der Waals surface area contributed by atoms with Crippen molar-refractivity contribution in [3.05, 3.63) is 42.1 Å². The fourth-order valence-corrected chi connectivity index (χ4v) is 1.82. The molecular formula is C15H17N3O3. The van der Waals surface area contributed by atoms with Crippen molar-refractivity contribution in [2.75, 3.05) is 6.54 Å². The molecular weight excluding hydrogens is 270 g/mol. The lowest BCUT2D eigenvalue weighted by Crippen LogP contribution is -2.27. The van der Waals surface area contributed by atoms with E-state index in [2.05, 4.69) is 15.5 Å². The monoisotopic (exact) mass is 287 g/mol. The number of nitrogens with zero attached hydrogens (tertiary/aromatic N) is 1. The molecule has 0 radical (unpaired) electrons. The van der Waals surface area contributed by atoms with Crippen LogP contribution in [0.3, 0.4) is 0 Å². The summed E-state index contributed by atoms with van der Waals surface area (Å²) in [4.78, 5) is 22.6. The standard InChI is InChI=1S/C15H17N3O3/c1-10(15(20)21)7-8-16-14(19)13-9-12(17-18-13)11-5-3-2-4-6-11/h2-6,9-10H,7-8H2,1H3,(H,16,19)(H,17,18)(H,20,21). The third-order valence-corrected chi connectivity index (χ3v) is 3.18. The first-order valence-electron chi connectivity index (χ1n) is 6.69. The SMILES string of the molecule is CC(CCNC(=O)c1cc(-c2ccccc2)n[nH]1)C(=O)O. The summed E-state index contributed by atoms with van der Waals surface area (Å²) in [7, 11) is 0. The molecule has 1 unspecified atom stereocenters. The summed E-state index contributed by atoms with van der Waals surface area (Å²) in [5.41, 5.74) is 1.98. The number of carboxylic acid groups (broad SMARTS) is 1. The Morgan fingerprint density at radius 1 is 1.33 bits per heavy atom. The number of rotatable bonds is 6. The van der Waals surface area contributed by atoms with Crippen molar-refractivity contribution in [2.45, 2.75) is 13.3 Å². The van der Waals surface area contributed by atoms with Crippen molar-refractivity contribution in [2.24, 2.45) is 5.92 Å². The van der Waals surface area contributed by atoms with Crippen LogP contribution in [0.1, 0.15) is 23.8 Å². The minimum atomic E-state index is -0.864. The van der Waals surface area contributed by atoms with Crippen LogP contribution in [-0.4, -0.2) is 33.7 Å². The summed E-state index contributed by atoms with van der Waals surface area (Å²) in [5, 5.41) is 18.2. The number of aliphatic carboxylic acids is 1. The Balaban J connectivity index is 1.92. The number of H-pyrrole nitrogens is 1. The highest BCUT2D eigenvalue weighted by Gasteiger charge is 2.13. The molecule has 1 amide bonds. The Bertz CT molecular complexity index is 622. The Morgan fingerprint density at radius 3 is 2.71 bits per heavy atom. The predicted octanol–water partition coefficient (Wildman–Crippen LogP) is 1.92. The lowest BCUT2D eigenvalue weighted by molar-refractivity contribution is -0.141. The maximum atomic E-state index is 11.9. The number of hydrogen-bond donors (Lipinski definition) is 3. The van der Waals surface area contributed by atoms with Crippen LogP contribution in [0, 0.1) is 5.92 Å².